The van der Waals surface area contributed by atoms with Gasteiger partial charge in [0.05, 0.1) is 22.7 Å². The molecule has 41 heavy (non-hydrogen) atoms. The lowest BCUT2D eigenvalue weighted by Gasteiger charge is -2.37. The Kier molecular flexibility index (Phi) is 5.76. The standard InChI is InChI=1S/C39H34N2/c1-6-39(4,5)28-22-23-38-34(24-28)27(3)33-18-9-12-21-37(33)41(38)30-15-13-14-29(25-30)40-35-19-10-7-16-31(35)26(2)32-17-8-11-20-36(32)40/h7-25H,2-3,6H2,1,4-5H3. The highest BCUT2D eigenvalue weighted by Crippen LogP contribution is 2.52. The summed E-state index contributed by atoms with van der Waals surface area (Å²) >= 11 is 0. The SMILES string of the molecule is C=C1c2ccccc2N(c2cccc(N3c4ccccc4C(=C)c4cc(C(C)(C)CC)ccc43)c2)c2ccccc21. The average Bonchev–Trinajstić information content (AvgIpc) is 3.01. The van der Waals surface area contributed by atoms with E-state index in [9.17, 15) is 0 Å². The highest BCUT2D eigenvalue weighted by atomic mass is 15.2. The van der Waals surface area contributed by atoms with Crippen LogP contribution in [-0.4, -0.2) is 0 Å². The molecule has 0 unspecified atom stereocenters. The van der Waals surface area contributed by atoms with E-state index in [4.69, 9.17) is 0 Å². The van der Waals surface area contributed by atoms with E-state index in [2.05, 4.69) is 159 Å². The predicted molar refractivity (Wildman–Crippen MR) is 175 cm³/mol. The zero-order chi connectivity index (χ0) is 28.3. The van der Waals surface area contributed by atoms with Crippen LogP contribution in [-0.2, 0) is 5.41 Å². The molecule has 2 heteroatoms. The third-order valence-electron chi connectivity index (χ3n) is 8.98. The van der Waals surface area contributed by atoms with Gasteiger partial charge in [0, 0.05) is 33.6 Å². The molecule has 7 rings (SSSR count). The summed E-state index contributed by atoms with van der Waals surface area (Å²) in [7, 11) is 0. The lowest BCUT2D eigenvalue weighted by molar-refractivity contribution is 0.506. The molecular formula is C39H34N2. The van der Waals surface area contributed by atoms with Gasteiger partial charge in [-0.05, 0) is 77.1 Å². The van der Waals surface area contributed by atoms with E-state index < -0.39 is 0 Å². The van der Waals surface area contributed by atoms with E-state index in [0.717, 1.165) is 62.8 Å². The number of anilines is 6. The molecule has 5 aromatic carbocycles. The number of hydrogen-bond donors (Lipinski definition) is 0. The highest BCUT2D eigenvalue weighted by molar-refractivity contribution is 6.03. The van der Waals surface area contributed by atoms with Gasteiger partial charge in [0.15, 0.2) is 0 Å². The normalized spacial score (nSPS) is 13.8. The maximum Gasteiger partial charge on any atom is 0.0540 e. The summed E-state index contributed by atoms with van der Waals surface area (Å²) in [5.74, 6) is 0. The van der Waals surface area contributed by atoms with Gasteiger partial charge >= 0.3 is 0 Å². The lowest BCUT2D eigenvalue weighted by atomic mass is 9.79. The van der Waals surface area contributed by atoms with Crippen LogP contribution < -0.4 is 9.80 Å². The van der Waals surface area contributed by atoms with Crippen LogP contribution in [0.1, 0.15) is 55.0 Å². The number of hydrogen-bond acceptors (Lipinski definition) is 2. The third kappa shape index (κ3) is 3.86. The van der Waals surface area contributed by atoms with Gasteiger partial charge in [-0.25, -0.2) is 0 Å². The Labute approximate surface area is 243 Å². The molecule has 2 nitrogen and oxygen atoms in total. The van der Waals surface area contributed by atoms with Crippen molar-refractivity contribution in [1.82, 2.24) is 0 Å². The summed E-state index contributed by atoms with van der Waals surface area (Å²) < 4.78 is 0. The fourth-order valence-corrected chi connectivity index (χ4v) is 6.25. The summed E-state index contributed by atoms with van der Waals surface area (Å²) in [6, 6.07) is 41.6. The van der Waals surface area contributed by atoms with Gasteiger partial charge in [0.2, 0.25) is 0 Å². The van der Waals surface area contributed by atoms with Crippen LogP contribution in [0.3, 0.4) is 0 Å². The van der Waals surface area contributed by atoms with Crippen molar-refractivity contribution in [2.75, 3.05) is 9.80 Å². The molecule has 0 atom stereocenters. The van der Waals surface area contributed by atoms with Crippen molar-refractivity contribution in [3.05, 3.63) is 156 Å². The quantitative estimate of drug-likeness (QED) is 0.223. The van der Waals surface area contributed by atoms with Crippen LogP contribution in [0.15, 0.2) is 128 Å². The number of fused-ring (bicyclic) bond motifs is 4. The summed E-state index contributed by atoms with van der Waals surface area (Å²) in [5, 5.41) is 0. The Bertz CT molecular complexity index is 1810. The molecule has 0 saturated carbocycles. The Morgan fingerprint density at radius 1 is 0.512 bits per heavy atom. The van der Waals surface area contributed by atoms with E-state index >= 15 is 0 Å². The first-order chi connectivity index (χ1) is 19.9. The molecule has 0 aliphatic carbocycles. The van der Waals surface area contributed by atoms with E-state index in [1.165, 1.54) is 16.7 Å². The largest absolute Gasteiger partial charge is 0.309 e. The Balaban J connectivity index is 1.42. The molecule has 0 spiro atoms. The van der Waals surface area contributed by atoms with Gasteiger partial charge in [-0.3, -0.25) is 0 Å². The first kappa shape index (κ1) is 25.2. The van der Waals surface area contributed by atoms with Gasteiger partial charge in [0.25, 0.3) is 0 Å². The molecule has 0 aromatic heterocycles. The van der Waals surface area contributed by atoms with Crippen molar-refractivity contribution in [1.29, 1.82) is 0 Å². The molecule has 2 aliphatic rings. The molecule has 0 N–H and O–H groups in total. The van der Waals surface area contributed by atoms with Gasteiger partial charge in [-0.1, -0.05) is 101 Å². The summed E-state index contributed by atoms with van der Waals surface area (Å²) in [4.78, 5) is 4.76. The lowest BCUT2D eigenvalue weighted by Crippen LogP contribution is -2.21. The number of para-hydroxylation sites is 3. The Hall–Kier alpha value is -4.82. The first-order valence-corrected chi connectivity index (χ1v) is 14.4. The second-order valence-corrected chi connectivity index (χ2v) is 11.7. The molecule has 0 amide bonds. The first-order valence-electron chi connectivity index (χ1n) is 14.4. The van der Waals surface area contributed by atoms with Gasteiger partial charge in [-0.2, -0.15) is 0 Å². The maximum atomic E-state index is 4.58. The molecule has 0 bridgehead atoms. The van der Waals surface area contributed by atoms with Gasteiger partial charge < -0.3 is 9.80 Å². The molecule has 0 saturated heterocycles. The minimum Gasteiger partial charge on any atom is -0.309 e. The average molecular weight is 531 g/mol. The minimum atomic E-state index is 0.0933. The predicted octanol–water partition coefficient (Wildman–Crippen LogP) is 11.1. The summed E-state index contributed by atoms with van der Waals surface area (Å²) in [6.07, 6.45) is 1.08. The van der Waals surface area contributed by atoms with Crippen LogP contribution >= 0.6 is 0 Å². The smallest absolute Gasteiger partial charge is 0.0540 e. The van der Waals surface area contributed by atoms with E-state index in [1.54, 1.807) is 0 Å². The number of rotatable bonds is 4. The molecule has 5 aromatic rings. The molecule has 0 radical (unpaired) electrons. The van der Waals surface area contributed by atoms with E-state index in [1.807, 2.05) is 0 Å². The van der Waals surface area contributed by atoms with Gasteiger partial charge in [0.1, 0.15) is 0 Å². The molecule has 2 heterocycles. The number of nitrogens with zero attached hydrogens (tertiary/aromatic N) is 2. The van der Waals surface area contributed by atoms with Crippen molar-refractivity contribution < 1.29 is 0 Å². The monoisotopic (exact) mass is 530 g/mol. The summed E-state index contributed by atoms with van der Waals surface area (Å²) in [5.41, 5.74) is 15.1. The maximum absolute atomic E-state index is 4.58. The van der Waals surface area contributed by atoms with Crippen molar-refractivity contribution in [2.45, 2.75) is 32.6 Å². The molecule has 2 aliphatic heterocycles. The summed E-state index contributed by atoms with van der Waals surface area (Å²) in [6.45, 7) is 15.9. The second kappa shape index (κ2) is 9.38. The molecule has 200 valence electrons. The minimum absolute atomic E-state index is 0.0933. The zero-order valence-electron chi connectivity index (χ0n) is 24.0. The van der Waals surface area contributed by atoms with Crippen LogP contribution in [0.2, 0.25) is 0 Å². The number of benzene rings is 5. The Morgan fingerprint density at radius 2 is 0.951 bits per heavy atom. The fraction of sp³-hybridized carbons (Fsp3) is 0.128. The van der Waals surface area contributed by atoms with E-state index in [0.29, 0.717) is 0 Å². The Morgan fingerprint density at radius 3 is 1.44 bits per heavy atom. The van der Waals surface area contributed by atoms with Crippen molar-refractivity contribution in [2.24, 2.45) is 0 Å². The third-order valence-corrected chi connectivity index (χ3v) is 8.98. The molecular weight excluding hydrogens is 496 g/mol. The molecule has 0 fully saturated rings. The van der Waals surface area contributed by atoms with Crippen LogP contribution in [0.5, 0.6) is 0 Å². The van der Waals surface area contributed by atoms with Crippen molar-refractivity contribution in [3.8, 4) is 0 Å². The highest BCUT2D eigenvalue weighted by Gasteiger charge is 2.30. The fourth-order valence-electron chi connectivity index (χ4n) is 6.25. The van der Waals surface area contributed by atoms with Crippen LogP contribution in [0.25, 0.3) is 11.1 Å². The van der Waals surface area contributed by atoms with Gasteiger partial charge in [-0.15, -0.1) is 0 Å². The van der Waals surface area contributed by atoms with Crippen molar-refractivity contribution >= 4 is 45.3 Å². The van der Waals surface area contributed by atoms with Crippen LogP contribution in [0.4, 0.5) is 34.1 Å². The zero-order valence-corrected chi connectivity index (χ0v) is 24.0. The van der Waals surface area contributed by atoms with Crippen molar-refractivity contribution in [3.63, 3.8) is 0 Å². The topological polar surface area (TPSA) is 6.48 Å². The second-order valence-electron chi connectivity index (χ2n) is 11.7. The van der Waals surface area contributed by atoms with E-state index in [-0.39, 0.29) is 5.41 Å². The van der Waals surface area contributed by atoms with Crippen LogP contribution in [0, 0.1) is 0 Å².